The Morgan fingerprint density at radius 2 is 1.77 bits per heavy atom. The van der Waals surface area contributed by atoms with Gasteiger partial charge in [-0.2, -0.15) is 0 Å². The van der Waals surface area contributed by atoms with Crippen LogP contribution in [0.3, 0.4) is 0 Å². The van der Waals surface area contributed by atoms with Gasteiger partial charge in [-0.25, -0.2) is 4.98 Å². The average Bonchev–Trinajstić information content (AvgIpc) is 3.67. The highest BCUT2D eigenvalue weighted by Gasteiger charge is 2.49. The van der Waals surface area contributed by atoms with Gasteiger partial charge < -0.3 is 31.2 Å². The maximum Gasteiger partial charge on any atom is 0.245 e. The first-order chi connectivity index (χ1) is 22.7. The summed E-state index contributed by atoms with van der Waals surface area (Å²) in [5.41, 5.74) is 13.6. The van der Waals surface area contributed by atoms with E-state index in [4.69, 9.17) is 11.5 Å². The molecule has 0 radical (unpaired) electrons. The summed E-state index contributed by atoms with van der Waals surface area (Å²) in [6.45, 7) is 0.667. The van der Waals surface area contributed by atoms with Crippen LogP contribution in [0.5, 0.6) is 0 Å². The molecule has 3 atom stereocenters. The number of rotatable bonds is 12. The molecule has 5 N–H and O–H groups in total. The second-order valence-electron chi connectivity index (χ2n) is 12.3. The number of aryl methyl sites for hydroxylation is 2. The number of carbonyl (C=O) groups is 4. The summed E-state index contributed by atoms with van der Waals surface area (Å²) in [6.07, 6.45) is 2.91. The molecule has 12 heteroatoms. The monoisotopic (exact) mass is 636 g/mol. The van der Waals surface area contributed by atoms with E-state index in [-0.39, 0.29) is 48.9 Å². The molecular weight excluding hydrogens is 596 g/mol. The van der Waals surface area contributed by atoms with Crippen molar-refractivity contribution in [2.45, 2.75) is 56.7 Å². The Kier molecular flexibility index (Phi) is 9.19. The maximum atomic E-state index is 13.8. The predicted molar refractivity (Wildman–Crippen MR) is 179 cm³/mol. The van der Waals surface area contributed by atoms with E-state index in [0.717, 1.165) is 18.4 Å². The zero-order valence-corrected chi connectivity index (χ0v) is 26.5. The second kappa shape index (κ2) is 13.6. The van der Waals surface area contributed by atoms with Crippen LogP contribution in [-0.4, -0.2) is 86.6 Å². The molecule has 2 saturated heterocycles. The van der Waals surface area contributed by atoms with E-state index in [9.17, 15) is 19.2 Å². The zero-order valence-electron chi connectivity index (χ0n) is 26.5. The van der Waals surface area contributed by atoms with Gasteiger partial charge in [0.15, 0.2) is 11.8 Å². The van der Waals surface area contributed by atoms with Crippen LogP contribution < -0.4 is 16.8 Å². The number of piperazine rings is 1. The second-order valence-corrected chi connectivity index (χ2v) is 12.3. The SMILES string of the molecule is Cn1c(C(=O)[C@H](CCCN=C(N)N)NC(=O)[C@@H]2CC[C@H]3C(=O)N(CCCc4cccc5ccccc45)CC(=O)N23)nc2ccccc21. The van der Waals surface area contributed by atoms with Crippen LogP contribution in [-0.2, 0) is 27.9 Å². The number of nitrogens with one attached hydrogen (secondary N) is 1. The lowest BCUT2D eigenvalue weighted by Crippen LogP contribution is -2.62. The molecule has 0 aliphatic carbocycles. The molecule has 1 aromatic heterocycles. The standard InChI is InChI=1S/C35H40N8O4/c1-41-27-16-5-4-14-25(27)39-32(41)31(45)26(15-7-19-38-35(36)37)40-33(46)28-17-18-29-34(47)42(21-30(44)43(28)29)20-8-12-23-11-6-10-22-9-2-3-13-24(22)23/h2-6,9-11,13-14,16,26,28-29H,7-8,12,15,17-21H2,1H3,(H,40,46)(H4,36,37,38)/t26-,28-,29-/m0/s1. The van der Waals surface area contributed by atoms with Crippen molar-refractivity contribution in [3.63, 3.8) is 0 Å². The van der Waals surface area contributed by atoms with Gasteiger partial charge in [0.05, 0.1) is 23.6 Å². The Bertz CT molecular complexity index is 1860. The summed E-state index contributed by atoms with van der Waals surface area (Å²) in [5, 5.41) is 5.26. The first-order valence-corrected chi connectivity index (χ1v) is 16.1. The number of benzene rings is 3. The highest BCUT2D eigenvalue weighted by molar-refractivity contribution is 6.03. The Balaban J connectivity index is 1.12. The van der Waals surface area contributed by atoms with Gasteiger partial charge in [0.2, 0.25) is 23.5 Å². The molecule has 2 aliphatic heterocycles. The Hall–Kier alpha value is -5.26. The van der Waals surface area contributed by atoms with Gasteiger partial charge in [0.25, 0.3) is 0 Å². The first kappa shape index (κ1) is 31.7. The molecule has 0 unspecified atom stereocenters. The normalized spacial score (nSPS) is 18.4. The van der Waals surface area contributed by atoms with Crippen molar-refractivity contribution >= 4 is 51.3 Å². The highest BCUT2D eigenvalue weighted by Crippen LogP contribution is 2.30. The van der Waals surface area contributed by atoms with Gasteiger partial charge in [-0.1, -0.05) is 54.6 Å². The number of para-hydroxylation sites is 2. The van der Waals surface area contributed by atoms with Crippen molar-refractivity contribution in [3.05, 3.63) is 78.1 Å². The third-order valence-electron chi connectivity index (χ3n) is 9.24. The van der Waals surface area contributed by atoms with Crippen LogP contribution in [0.2, 0.25) is 0 Å². The third-order valence-corrected chi connectivity index (χ3v) is 9.24. The number of ketones is 1. The minimum Gasteiger partial charge on any atom is -0.370 e. The van der Waals surface area contributed by atoms with Gasteiger partial charge in [-0.15, -0.1) is 0 Å². The number of aromatic nitrogens is 2. The quantitative estimate of drug-likeness (QED) is 0.0928. The van der Waals surface area contributed by atoms with Crippen LogP contribution in [0.25, 0.3) is 21.8 Å². The summed E-state index contributed by atoms with van der Waals surface area (Å²) in [4.78, 5) is 66.1. The van der Waals surface area contributed by atoms with E-state index in [1.54, 1.807) is 16.5 Å². The molecule has 0 spiro atoms. The number of nitrogens with two attached hydrogens (primary N) is 2. The maximum absolute atomic E-state index is 13.8. The number of hydrogen-bond acceptors (Lipinski definition) is 6. The van der Waals surface area contributed by atoms with E-state index in [1.807, 2.05) is 42.5 Å². The molecule has 12 nitrogen and oxygen atoms in total. The van der Waals surface area contributed by atoms with Crippen LogP contribution in [0.1, 0.15) is 48.3 Å². The van der Waals surface area contributed by atoms with Crippen LogP contribution >= 0.6 is 0 Å². The van der Waals surface area contributed by atoms with Crippen molar-refractivity contribution in [1.82, 2.24) is 24.7 Å². The van der Waals surface area contributed by atoms with Crippen molar-refractivity contribution in [1.29, 1.82) is 0 Å². The lowest BCUT2D eigenvalue weighted by atomic mass is 10.0. The Morgan fingerprint density at radius 3 is 2.57 bits per heavy atom. The van der Waals surface area contributed by atoms with Gasteiger partial charge in [0.1, 0.15) is 12.1 Å². The number of carbonyl (C=O) groups excluding carboxylic acids is 4. The fourth-order valence-corrected chi connectivity index (χ4v) is 6.91. The van der Waals surface area contributed by atoms with Gasteiger partial charge >= 0.3 is 0 Å². The summed E-state index contributed by atoms with van der Waals surface area (Å²) < 4.78 is 1.71. The third kappa shape index (κ3) is 6.53. The van der Waals surface area contributed by atoms with Crippen molar-refractivity contribution in [2.24, 2.45) is 23.5 Å². The van der Waals surface area contributed by atoms with Gasteiger partial charge in [-0.05, 0) is 67.0 Å². The highest BCUT2D eigenvalue weighted by atomic mass is 16.2. The van der Waals surface area contributed by atoms with E-state index in [0.29, 0.717) is 31.3 Å². The smallest absolute Gasteiger partial charge is 0.245 e. The number of aliphatic imine (C=N–C) groups is 1. The number of nitrogens with zero attached hydrogens (tertiary/aromatic N) is 5. The molecule has 3 heterocycles. The molecular formula is C35H40N8O4. The van der Waals surface area contributed by atoms with E-state index >= 15 is 0 Å². The Labute approximate surface area is 272 Å². The number of Topliss-reactive ketones (excluding diaryl/α,β-unsaturated/α-hetero) is 1. The summed E-state index contributed by atoms with van der Waals surface area (Å²) in [6, 6.07) is 19.4. The topological polar surface area (TPSA) is 169 Å². The van der Waals surface area contributed by atoms with Crippen LogP contribution in [0, 0.1) is 0 Å². The van der Waals surface area contributed by atoms with E-state index in [2.05, 4.69) is 39.6 Å². The molecule has 47 heavy (non-hydrogen) atoms. The lowest BCUT2D eigenvalue weighted by Gasteiger charge is -2.38. The van der Waals surface area contributed by atoms with Crippen molar-refractivity contribution < 1.29 is 19.2 Å². The molecule has 0 bridgehead atoms. The van der Waals surface area contributed by atoms with Crippen molar-refractivity contribution in [3.8, 4) is 0 Å². The molecule has 4 aromatic rings. The first-order valence-electron chi connectivity index (χ1n) is 16.1. The summed E-state index contributed by atoms with van der Waals surface area (Å²) >= 11 is 0. The molecule has 2 aliphatic rings. The minimum absolute atomic E-state index is 0.0554. The van der Waals surface area contributed by atoms with Crippen molar-refractivity contribution in [2.75, 3.05) is 19.6 Å². The number of amides is 3. The number of hydrogen-bond donors (Lipinski definition) is 3. The average molecular weight is 637 g/mol. The number of imidazole rings is 1. The minimum atomic E-state index is -0.924. The summed E-state index contributed by atoms with van der Waals surface area (Å²) in [7, 11) is 1.76. The molecule has 2 fully saturated rings. The zero-order chi connectivity index (χ0) is 33.1. The molecule has 244 valence electrons. The molecule has 3 amide bonds. The molecule has 6 rings (SSSR count). The van der Waals surface area contributed by atoms with Crippen LogP contribution in [0.15, 0.2) is 71.7 Å². The van der Waals surface area contributed by atoms with E-state index in [1.165, 1.54) is 21.2 Å². The number of fused-ring (bicyclic) bond motifs is 3. The fourth-order valence-electron chi connectivity index (χ4n) is 6.91. The molecule has 0 saturated carbocycles. The summed E-state index contributed by atoms with van der Waals surface area (Å²) in [5.74, 6) is -1.05. The predicted octanol–water partition coefficient (Wildman–Crippen LogP) is 2.28. The van der Waals surface area contributed by atoms with Gasteiger partial charge in [-0.3, -0.25) is 24.2 Å². The lowest BCUT2D eigenvalue weighted by molar-refractivity contribution is -0.157. The largest absolute Gasteiger partial charge is 0.370 e. The number of guanidine groups is 1. The molecule has 3 aromatic carbocycles. The van der Waals surface area contributed by atoms with E-state index < -0.39 is 24.0 Å². The van der Waals surface area contributed by atoms with Crippen LogP contribution in [0.4, 0.5) is 0 Å². The fraction of sp³-hybridized carbons (Fsp3) is 0.371. The Morgan fingerprint density at radius 1 is 1.00 bits per heavy atom. The van der Waals surface area contributed by atoms with Gasteiger partial charge in [0, 0.05) is 20.1 Å².